The number of hydrogen-bond acceptors (Lipinski definition) is 2. The maximum atomic E-state index is 13.2. The molecule has 0 saturated heterocycles. The van der Waals surface area contributed by atoms with Crippen molar-refractivity contribution in [1.82, 2.24) is 4.98 Å². The fourth-order valence-electron chi connectivity index (χ4n) is 2.70. The van der Waals surface area contributed by atoms with Crippen LogP contribution in [0, 0.1) is 6.57 Å². The highest BCUT2D eigenvalue weighted by Gasteiger charge is 2.34. The van der Waals surface area contributed by atoms with Crippen LogP contribution in [0.25, 0.3) is 4.85 Å². The minimum atomic E-state index is -4.62. The third-order valence-electron chi connectivity index (χ3n) is 3.99. The van der Waals surface area contributed by atoms with Crippen LogP contribution in [0.4, 0.5) is 18.9 Å². The van der Waals surface area contributed by atoms with E-state index in [0.717, 1.165) is 23.3 Å². The van der Waals surface area contributed by atoms with Crippen molar-refractivity contribution in [3.8, 4) is 5.75 Å². The predicted octanol–water partition coefficient (Wildman–Crippen LogP) is 6.01. The highest BCUT2D eigenvalue weighted by molar-refractivity contribution is 5.56. The second-order valence-corrected chi connectivity index (χ2v) is 5.87. The number of benzene rings is 2. The van der Waals surface area contributed by atoms with Crippen LogP contribution < -0.4 is 4.74 Å². The predicted molar refractivity (Wildman–Crippen MR) is 95.5 cm³/mol. The molecular weight excluding hydrogens is 353 g/mol. The Bertz CT molecular complexity index is 935. The van der Waals surface area contributed by atoms with Gasteiger partial charge in [0, 0.05) is 24.4 Å². The molecule has 0 fully saturated rings. The summed E-state index contributed by atoms with van der Waals surface area (Å²) in [5.74, 6) is 0.0551. The van der Waals surface area contributed by atoms with Gasteiger partial charge >= 0.3 is 6.18 Å². The van der Waals surface area contributed by atoms with Crippen LogP contribution in [0.2, 0.25) is 0 Å². The summed E-state index contributed by atoms with van der Waals surface area (Å²) in [6.45, 7) is 6.94. The van der Waals surface area contributed by atoms with E-state index in [2.05, 4.69) is 9.83 Å². The average molecular weight is 368 g/mol. The molecule has 1 atom stereocenters. The Kier molecular flexibility index (Phi) is 5.41. The molecule has 3 nitrogen and oxygen atoms in total. The van der Waals surface area contributed by atoms with Crippen LogP contribution in [0.1, 0.15) is 22.8 Å². The Labute approximate surface area is 154 Å². The zero-order valence-electron chi connectivity index (χ0n) is 14.1. The highest BCUT2D eigenvalue weighted by atomic mass is 19.4. The molecule has 0 bridgehead atoms. The topological polar surface area (TPSA) is 26.5 Å². The van der Waals surface area contributed by atoms with Gasteiger partial charge in [0.05, 0.1) is 12.1 Å². The van der Waals surface area contributed by atoms with Gasteiger partial charge in [0.2, 0.25) is 0 Å². The summed E-state index contributed by atoms with van der Waals surface area (Å²) in [5, 5.41) is 0. The first-order valence-corrected chi connectivity index (χ1v) is 8.16. The number of aromatic nitrogens is 1. The molecule has 0 radical (unpaired) electrons. The second kappa shape index (κ2) is 7.92. The highest BCUT2D eigenvalue weighted by Crippen LogP contribution is 2.39. The standard InChI is InChI=1S/C21H15F3N2O/c1-25-19-10-9-17(13-18(19)21(22,23)24)27-20(16-8-5-11-26-14-16)12-15-6-3-2-4-7-15/h2-11,13-14,20H,12H2. The maximum Gasteiger partial charge on any atom is 0.407 e. The first-order chi connectivity index (χ1) is 13.0. The zero-order chi connectivity index (χ0) is 19.3. The summed E-state index contributed by atoms with van der Waals surface area (Å²) in [6, 6.07) is 16.5. The number of ether oxygens (including phenoxy) is 1. The summed E-state index contributed by atoms with van der Waals surface area (Å²) >= 11 is 0. The van der Waals surface area contributed by atoms with E-state index in [1.165, 1.54) is 6.07 Å². The van der Waals surface area contributed by atoms with Crippen LogP contribution in [-0.2, 0) is 12.6 Å². The lowest BCUT2D eigenvalue weighted by Crippen LogP contribution is -2.12. The molecule has 136 valence electrons. The molecular formula is C21H15F3N2O. The van der Waals surface area contributed by atoms with E-state index in [1.54, 1.807) is 18.5 Å². The number of pyridine rings is 1. The van der Waals surface area contributed by atoms with Crippen molar-refractivity contribution in [2.45, 2.75) is 18.7 Å². The lowest BCUT2D eigenvalue weighted by molar-refractivity contribution is -0.137. The van der Waals surface area contributed by atoms with Gasteiger partial charge in [0.1, 0.15) is 11.9 Å². The number of halogens is 3. The number of nitrogens with zero attached hydrogens (tertiary/aromatic N) is 2. The SMILES string of the molecule is [C-]#[N+]c1ccc(OC(Cc2ccccc2)c2cccnc2)cc1C(F)(F)F. The summed E-state index contributed by atoms with van der Waals surface area (Å²) in [7, 11) is 0. The quantitative estimate of drug-likeness (QED) is 0.515. The Morgan fingerprint density at radius 1 is 1.04 bits per heavy atom. The molecule has 0 spiro atoms. The van der Waals surface area contributed by atoms with Crippen molar-refractivity contribution < 1.29 is 17.9 Å². The molecule has 6 heteroatoms. The normalized spacial score (nSPS) is 12.2. The first-order valence-electron chi connectivity index (χ1n) is 8.16. The number of alkyl halides is 3. The molecule has 0 N–H and O–H groups in total. The van der Waals surface area contributed by atoms with Crippen LogP contribution in [0.15, 0.2) is 73.1 Å². The third-order valence-corrected chi connectivity index (χ3v) is 3.99. The van der Waals surface area contributed by atoms with Gasteiger partial charge in [-0.05, 0) is 23.8 Å². The number of rotatable bonds is 5. The van der Waals surface area contributed by atoms with E-state index >= 15 is 0 Å². The smallest absolute Gasteiger partial charge is 0.407 e. The second-order valence-electron chi connectivity index (χ2n) is 5.87. The molecule has 3 rings (SSSR count). The maximum absolute atomic E-state index is 13.2. The van der Waals surface area contributed by atoms with Gasteiger partial charge in [0.15, 0.2) is 5.69 Å². The minimum Gasteiger partial charge on any atom is -0.485 e. The molecule has 0 aliphatic rings. The van der Waals surface area contributed by atoms with Crippen molar-refractivity contribution in [3.05, 3.63) is 101 Å². The fourth-order valence-corrected chi connectivity index (χ4v) is 2.70. The van der Waals surface area contributed by atoms with Crippen LogP contribution >= 0.6 is 0 Å². The summed E-state index contributed by atoms with van der Waals surface area (Å²) in [5.41, 5.74) is 0.292. The zero-order valence-corrected chi connectivity index (χ0v) is 14.1. The lowest BCUT2D eigenvalue weighted by Gasteiger charge is -2.21. The lowest BCUT2D eigenvalue weighted by atomic mass is 10.0. The van der Waals surface area contributed by atoms with Gasteiger partial charge in [-0.15, -0.1) is 0 Å². The summed E-state index contributed by atoms with van der Waals surface area (Å²) in [6.07, 6.45) is -1.41. The minimum absolute atomic E-state index is 0.0551. The Morgan fingerprint density at radius 3 is 2.44 bits per heavy atom. The van der Waals surface area contributed by atoms with Gasteiger partial charge < -0.3 is 4.74 Å². The van der Waals surface area contributed by atoms with E-state index in [4.69, 9.17) is 11.3 Å². The van der Waals surface area contributed by atoms with Crippen LogP contribution in [0.5, 0.6) is 5.75 Å². The average Bonchev–Trinajstić information content (AvgIpc) is 2.68. The van der Waals surface area contributed by atoms with Gasteiger partial charge in [-0.1, -0.05) is 42.5 Å². The van der Waals surface area contributed by atoms with Gasteiger partial charge in [-0.3, -0.25) is 4.98 Å². The fraction of sp³-hybridized carbons (Fsp3) is 0.143. The Balaban J connectivity index is 1.94. The molecule has 2 aromatic carbocycles. The molecule has 3 aromatic rings. The van der Waals surface area contributed by atoms with E-state index < -0.39 is 23.5 Å². The molecule has 1 unspecified atom stereocenters. The van der Waals surface area contributed by atoms with Crippen LogP contribution in [-0.4, -0.2) is 4.98 Å². The van der Waals surface area contributed by atoms with Gasteiger partial charge in [-0.2, -0.15) is 13.2 Å². The van der Waals surface area contributed by atoms with Crippen molar-refractivity contribution in [3.63, 3.8) is 0 Å². The van der Waals surface area contributed by atoms with Crippen molar-refractivity contribution in [1.29, 1.82) is 0 Å². The van der Waals surface area contributed by atoms with E-state index in [-0.39, 0.29) is 5.75 Å². The molecule has 1 aromatic heterocycles. The summed E-state index contributed by atoms with van der Waals surface area (Å²) < 4.78 is 45.5. The Morgan fingerprint density at radius 2 is 1.81 bits per heavy atom. The van der Waals surface area contributed by atoms with Crippen molar-refractivity contribution >= 4 is 5.69 Å². The third kappa shape index (κ3) is 4.64. The van der Waals surface area contributed by atoms with Gasteiger partial charge in [-0.25, -0.2) is 4.85 Å². The molecule has 0 saturated carbocycles. The Hall–Kier alpha value is -3.33. The molecule has 27 heavy (non-hydrogen) atoms. The van der Waals surface area contributed by atoms with E-state index in [1.807, 2.05) is 36.4 Å². The van der Waals surface area contributed by atoms with Crippen LogP contribution in [0.3, 0.4) is 0 Å². The molecule has 1 heterocycles. The number of hydrogen-bond donors (Lipinski definition) is 0. The summed E-state index contributed by atoms with van der Waals surface area (Å²) in [4.78, 5) is 7.02. The van der Waals surface area contributed by atoms with Gasteiger partial charge in [0.25, 0.3) is 0 Å². The van der Waals surface area contributed by atoms with E-state index in [9.17, 15) is 13.2 Å². The molecule has 0 amide bonds. The molecule has 0 aliphatic heterocycles. The first kappa shape index (κ1) is 18.5. The molecule has 0 aliphatic carbocycles. The van der Waals surface area contributed by atoms with E-state index in [0.29, 0.717) is 6.42 Å². The largest absolute Gasteiger partial charge is 0.485 e. The monoisotopic (exact) mass is 368 g/mol. The van der Waals surface area contributed by atoms with Crippen molar-refractivity contribution in [2.24, 2.45) is 0 Å². The van der Waals surface area contributed by atoms with Crippen molar-refractivity contribution in [2.75, 3.05) is 0 Å².